The minimum absolute atomic E-state index is 0.00402. The molecule has 0 bridgehead atoms. The van der Waals surface area contributed by atoms with Crippen LogP contribution in [0.1, 0.15) is 112 Å². The summed E-state index contributed by atoms with van der Waals surface area (Å²) in [7, 11) is 0. The van der Waals surface area contributed by atoms with Crippen molar-refractivity contribution >= 4 is 40.6 Å². The third-order valence-corrected chi connectivity index (χ3v) is 11.8. The number of piperidine rings is 1. The molecule has 6 heterocycles. The van der Waals surface area contributed by atoms with E-state index in [4.69, 9.17) is 19.1 Å². The third kappa shape index (κ3) is 9.63. The first-order chi connectivity index (χ1) is 28.0. The number of ether oxygens (including phenoxy) is 1. The van der Waals surface area contributed by atoms with E-state index in [0.717, 1.165) is 80.5 Å². The van der Waals surface area contributed by atoms with Crippen molar-refractivity contribution in [2.24, 2.45) is 0 Å². The molecule has 3 fully saturated rings. The molecular weight excluding hydrogens is 753 g/mol. The molecule has 3 aromatic rings. The lowest BCUT2D eigenvalue weighted by Gasteiger charge is -2.35. The maximum absolute atomic E-state index is 13.7. The fraction of sp³-hybridized carbons (Fsp3) is 0.610. The number of hydrogen-bond acceptors (Lipinski definition) is 12. The molecule has 17 heteroatoms. The molecule has 0 radical (unpaired) electrons. The lowest BCUT2D eigenvalue weighted by Crippen LogP contribution is -2.50. The average Bonchev–Trinajstić information content (AvgIpc) is 3.79. The molecule has 0 saturated carbocycles. The monoisotopic (exact) mass is 805 g/mol. The van der Waals surface area contributed by atoms with Gasteiger partial charge in [0.2, 0.25) is 11.8 Å². The number of carbonyl (C=O) groups excluding carboxylic acids is 5. The second-order valence-corrected chi connectivity index (χ2v) is 15.7. The Labute approximate surface area is 335 Å². The molecule has 4 aliphatic rings. The number of unbranched alkanes of at least 4 members (excludes halogenated alkanes) is 2. The maximum atomic E-state index is 13.7. The van der Waals surface area contributed by atoms with Crippen LogP contribution in [0.3, 0.4) is 0 Å². The predicted octanol–water partition coefficient (Wildman–Crippen LogP) is 3.72. The number of hydroxylamine groups is 2. The maximum Gasteiger partial charge on any atom is 0.333 e. The highest BCUT2D eigenvalue weighted by Gasteiger charge is 2.33. The largest absolute Gasteiger partial charge is 0.370 e. The SMILES string of the molecule is Cc1nc2n(c(=O)c1CCN1CCC(c3noc4cc(F)ccc34)CC1)CCCC2OCCCCCC(=O)N1CCN(C(=O)CCC(=O)ON2C(=O)CCC2=O)CC1. The fourth-order valence-corrected chi connectivity index (χ4v) is 8.43. The Kier molecular flexibility index (Phi) is 13.3. The molecule has 0 spiro atoms. The van der Waals surface area contributed by atoms with Crippen molar-refractivity contribution in [2.75, 3.05) is 52.4 Å². The van der Waals surface area contributed by atoms with Gasteiger partial charge in [0, 0.05) is 100 Å². The summed E-state index contributed by atoms with van der Waals surface area (Å²) in [5.41, 5.74) is 2.89. The van der Waals surface area contributed by atoms with Gasteiger partial charge in [-0.15, -0.1) is 5.06 Å². The van der Waals surface area contributed by atoms with Crippen molar-refractivity contribution < 1.29 is 42.5 Å². The Bertz CT molecular complexity index is 2050. The number of nitrogens with zero attached hydrogens (tertiary/aromatic N) is 7. The number of carbonyl (C=O) groups is 5. The topological polar surface area (TPSA) is 178 Å². The van der Waals surface area contributed by atoms with Gasteiger partial charge in [0.05, 0.1) is 12.1 Å². The molecule has 0 N–H and O–H groups in total. The van der Waals surface area contributed by atoms with Gasteiger partial charge in [-0.25, -0.2) is 14.2 Å². The highest BCUT2D eigenvalue weighted by atomic mass is 19.1. The second-order valence-electron chi connectivity index (χ2n) is 15.7. The molecule has 4 amide bonds. The standard InChI is InChI=1S/C41H52FN7O9/c1-27-30(16-20-45-18-14-28(15-19-45)39-31-9-8-29(42)26-33(31)57-44-39)41(55)48-17-5-6-32(40(48)43-27)56-25-4-2-3-7-34(50)46-21-23-47(24-22-46)35(51)12-13-38(54)58-49-36(52)10-11-37(49)53/h8-9,26,28,32H,2-7,10-25H2,1H3. The van der Waals surface area contributed by atoms with Crippen molar-refractivity contribution in [3.05, 3.63) is 57.1 Å². The summed E-state index contributed by atoms with van der Waals surface area (Å²) in [6.07, 6.45) is 6.19. The molecule has 312 valence electrons. The first kappa shape index (κ1) is 41.1. The van der Waals surface area contributed by atoms with Gasteiger partial charge in [0.1, 0.15) is 17.7 Å². The van der Waals surface area contributed by atoms with Crippen LogP contribution in [0.2, 0.25) is 0 Å². The molecule has 1 unspecified atom stereocenters. The van der Waals surface area contributed by atoms with Crippen LogP contribution in [0.15, 0.2) is 27.5 Å². The molecule has 0 aliphatic carbocycles. The third-order valence-electron chi connectivity index (χ3n) is 11.8. The number of aromatic nitrogens is 3. The van der Waals surface area contributed by atoms with Gasteiger partial charge in [0.15, 0.2) is 5.58 Å². The van der Waals surface area contributed by atoms with Crippen LogP contribution in [0.4, 0.5) is 4.39 Å². The van der Waals surface area contributed by atoms with Crippen molar-refractivity contribution in [3.8, 4) is 0 Å². The van der Waals surface area contributed by atoms with Gasteiger partial charge in [-0.05, 0) is 77.1 Å². The van der Waals surface area contributed by atoms with Crippen LogP contribution in [0.25, 0.3) is 11.0 Å². The van der Waals surface area contributed by atoms with Crippen LogP contribution >= 0.6 is 0 Å². The number of fused-ring (bicyclic) bond motifs is 2. The molecule has 1 aromatic carbocycles. The van der Waals surface area contributed by atoms with E-state index >= 15 is 0 Å². The van der Waals surface area contributed by atoms with E-state index in [2.05, 4.69) is 10.1 Å². The number of hydrogen-bond donors (Lipinski definition) is 0. The predicted molar refractivity (Wildman–Crippen MR) is 205 cm³/mol. The van der Waals surface area contributed by atoms with Crippen LogP contribution < -0.4 is 5.56 Å². The first-order valence-electron chi connectivity index (χ1n) is 20.7. The summed E-state index contributed by atoms with van der Waals surface area (Å²) in [6, 6.07) is 4.56. The lowest BCUT2D eigenvalue weighted by atomic mass is 9.91. The number of halogens is 1. The molecule has 7 rings (SSSR count). The zero-order chi connectivity index (χ0) is 40.8. The number of rotatable bonds is 15. The van der Waals surface area contributed by atoms with E-state index in [1.165, 1.54) is 12.1 Å². The summed E-state index contributed by atoms with van der Waals surface area (Å²) in [5, 5.41) is 5.61. The highest BCUT2D eigenvalue weighted by Crippen LogP contribution is 2.33. The number of piperazine rings is 1. The Morgan fingerprint density at radius 3 is 2.29 bits per heavy atom. The molecule has 4 aliphatic heterocycles. The molecule has 3 saturated heterocycles. The minimum atomic E-state index is -0.812. The van der Waals surface area contributed by atoms with Crippen LogP contribution in [0, 0.1) is 12.7 Å². The fourth-order valence-electron chi connectivity index (χ4n) is 8.43. The Hall–Kier alpha value is -5.03. The Morgan fingerprint density at radius 2 is 1.57 bits per heavy atom. The Balaban J connectivity index is 0.781. The molecule has 1 atom stereocenters. The van der Waals surface area contributed by atoms with Crippen molar-refractivity contribution in [1.82, 2.24) is 34.5 Å². The lowest BCUT2D eigenvalue weighted by molar-refractivity contribution is -0.197. The van der Waals surface area contributed by atoms with Crippen LogP contribution in [-0.4, -0.2) is 116 Å². The first-order valence-corrected chi connectivity index (χ1v) is 20.7. The van der Waals surface area contributed by atoms with Gasteiger partial charge in [-0.3, -0.25) is 28.5 Å². The van der Waals surface area contributed by atoms with E-state index in [1.54, 1.807) is 20.4 Å². The van der Waals surface area contributed by atoms with E-state index in [9.17, 15) is 33.2 Å². The summed E-state index contributed by atoms with van der Waals surface area (Å²) >= 11 is 0. The van der Waals surface area contributed by atoms with E-state index in [-0.39, 0.29) is 60.9 Å². The Morgan fingerprint density at radius 1 is 0.862 bits per heavy atom. The van der Waals surface area contributed by atoms with E-state index in [1.807, 2.05) is 6.92 Å². The van der Waals surface area contributed by atoms with Gasteiger partial charge in [-0.1, -0.05) is 11.6 Å². The number of imide groups is 1. The van der Waals surface area contributed by atoms with Crippen LogP contribution in [-0.2, 0) is 46.5 Å². The summed E-state index contributed by atoms with van der Waals surface area (Å²) in [5.74, 6) is -1.55. The van der Waals surface area contributed by atoms with Crippen molar-refractivity contribution in [2.45, 2.75) is 109 Å². The van der Waals surface area contributed by atoms with Gasteiger partial charge in [-0.2, -0.15) is 0 Å². The van der Waals surface area contributed by atoms with Crippen LogP contribution in [0.5, 0.6) is 0 Å². The molecule has 58 heavy (non-hydrogen) atoms. The minimum Gasteiger partial charge on any atom is -0.370 e. The van der Waals surface area contributed by atoms with Gasteiger partial charge in [0.25, 0.3) is 17.4 Å². The molecular formula is C41H52FN7O9. The van der Waals surface area contributed by atoms with Gasteiger partial charge < -0.3 is 28.8 Å². The summed E-state index contributed by atoms with van der Waals surface area (Å²) in [4.78, 5) is 89.9. The zero-order valence-electron chi connectivity index (χ0n) is 33.1. The number of amides is 4. The highest BCUT2D eigenvalue weighted by molar-refractivity contribution is 6.01. The number of aryl methyl sites for hydroxylation is 1. The molecule has 2 aromatic heterocycles. The van der Waals surface area contributed by atoms with E-state index < -0.39 is 17.8 Å². The zero-order valence-corrected chi connectivity index (χ0v) is 33.1. The number of benzene rings is 1. The smallest absolute Gasteiger partial charge is 0.333 e. The number of likely N-dealkylation sites (tertiary alicyclic amines) is 1. The molecule has 16 nitrogen and oxygen atoms in total. The second kappa shape index (κ2) is 18.7. The van der Waals surface area contributed by atoms with Crippen molar-refractivity contribution in [1.29, 1.82) is 0 Å². The van der Waals surface area contributed by atoms with Gasteiger partial charge >= 0.3 is 5.97 Å². The van der Waals surface area contributed by atoms with Crippen molar-refractivity contribution in [3.63, 3.8) is 0 Å². The average molecular weight is 806 g/mol. The quantitative estimate of drug-likeness (QED) is 0.161. The normalized spacial score (nSPS) is 19.3. The van der Waals surface area contributed by atoms with E-state index in [0.29, 0.717) is 75.1 Å². The summed E-state index contributed by atoms with van der Waals surface area (Å²) in [6.45, 7) is 7.12. The summed E-state index contributed by atoms with van der Waals surface area (Å²) < 4.78 is 27.1.